The average molecular weight is 479 g/mol. The van der Waals surface area contributed by atoms with E-state index in [9.17, 15) is 19.7 Å². The molecule has 4 aromatic rings. The quantitative estimate of drug-likeness (QED) is 0.206. The van der Waals surface area contributed by atoms with E-state index in [1.165, 1.54) is 47.4 Å². The van der Waals surface area contributed by atoms with E-state index < -0.39 is 4.92 Å². The summed E-state index contributed by atoms with van der Waals surface area (Å²) in [6.07, 6.45) is 0. The third-order valence-corrected chi connectivity index (χ3v) is 6.79. The molecule has 0 radical (unpaired) electrons. The van der Waals surface area contributed by atoms with E-state index in [1.54, 1.807) is 18.2 Å². The van der Waals surface area contributed by atoms with Gasteiger partial charge in [-0.25, -0.2) is 4.98 Å². The fourth-order valence-electron chi connectivity index (χ4n) is 2.94. The molecule has 10 heteroatoms. The second kappa shape index (κ2) is 9.80. The summed E-state index contributed by atoms with van der Waals surface area (Å²) in [5.41, 5.74) is 3.58. The van der Waals surface area contributed by atoms with Crippen molar-refractivity contribution < 1.29 is 14.5 Å². The number of rotatable bonds is 7. The Morgan fingerprint density at radius 2 is 1.70 bits per heavy atom. The third-order valence-electron chi connectivity index (χ3n) is 4.63. The number of aryl methyl sites for hydroxylation is 1. The normalized spacial score (nSPS) is 10.7. The Morgan fingerprint density at radius 1 is 1.00 bits per heavy atom. The number of thiazole rings is 1. The van der Waals surface area contributed by atoms with Crippen LogP contribution in [-0.2, 0) is 4.79 Å². The molecule has 166 valence electrons. The Balaban J connectivity index is 1.36. The molecule has 0 atom stereocenters. The van der Waals surface area contributed by atoms with Gasteiger partial charge in [-0.15, -0.1) is 11.3 Å². The minimum absolute atomic E-state index is 0.0359. The molecule has 0 fully saturated rings. The van der Waals surface area contributed by atoms with Gasteiger partial charge in [-0.05, 0) is 49.4 Å². The van der Waals surface area contributed by atoms with Gasteiger partial charge in [0.05, 0.1) is 20.9 Å². The molecule has 0 bridgehead atoms. The Kier molecular flexibility index (Phi) is 6.66. The predicted octanol–water partition coefficient (Wildman–Crippen LogP) is 5.50. The van der Waals surface area contributed by atoms with E-state index in [4.69, 9.17) is 0 Å². The van der Waals surface area contributed by atoms with Gasteiger partial charge in [0.2, 0.25) is 5.91 Å². The van der Waals surface area contributed by atoms with Crippen molar-refractivity contribution in [2.24, 2.45) is 0 Å². The monoisotopic (exact) mass is 478 g/mol. The first-order valence-electron chi connectivity index (χ1n) is 9.83. The number of carbonyl (C=O) groups is 2. The van der Waals surface area contributed by atoms with Crippen LogP contribution in [0, 0.1) is 17.0 Å². The molecule has 0 aliphatic heterocycles. The molecule has 0 unspecified atom stereocenters. The average Bonchev–Trinajstić information content (AvgIpc) is 3.21. The van der Waals surface area contributed by atoms with Gasteiger partial charge in [0.1, 0.15) is 0 Å². The number of thioether (sulfide) groups is 1. The van der Waals surface area contributed by atoms with E-state index in [0.717, 1.165) is 20.1 Å². The highest BCUT2D eigenvalue weighted by atomic mass is 32.2. The summed E-state index contributed by atoms with van der Waals surface area (Å²) in [7, 11) is 0. The molecule has 0 saturated carbocycles. The van der Waals surface area contributed by atoms with E-state index in [0.29, 0.717) is 16.9 Å². The van der Waals surface area contributed by atoms with Gasteiger partial charge in [0, 0.05) is 29.1 Å². The number of nitro benzene ring substituents is 1. The van der Waals surface area contributed by atoms with Crippen molar-refractivity contribution in [3.63, 3.8) is 0 Å². The molecule has 2 N–H and O–H groups in total. The molecule has 3 aromatic carbocycles. The number of hydrogen-bond acceptors (Lipinski definition) is 7. The largest absolute Gasteiger partial charge is 0.325 e. The first-order valence-corrected chi connectivity index (χ1v) is 11.6. The number of benzene rings is 3. The zero-order valence-electron chi connectivity index (χ0n) is 17.4. The molecule has 1 aromatic heterocycles. The fraction of sp³-hybridized carbons (Fsp3) is 0.0870. The lowest BCUT2D eigenvalue weighted by atomic mass is 10.1. The molecular formula is C23H18N4O4S2. The van der Waals surface area contributed by atoms with Gasteiger partial charge >= 0.3 is 0 Å². The summed E-state index contributed by atoms with van der Waals surface area (Å²) in [5.74, 6) is -0.274. The number of nitrogens with zero attached hydrogens (tertiary/aromatic N) is 2. The van der Waals surface area contributed by atoms with E-state index in [1.807, 2.05) is 31.2 Å². The van der Waals surface area contributed by atoms with E-state index >= 15 is 0 Å². The first-order chi connectivity index (χ1) is 15.9. The van der Waals surface area contributed by atoms with E-state index in [2.05, 4.69) is 15.6 Å². The topological polar surface area (TPSA) is 114 Å². The summed E-state index contributed by atoms with van der Waals surface area (Å²) in [6, 6.07) is 18.5. The predicted molar refractivity (Wildman–Crippen MR) is 131 cm³/mol. The third kappa shape index (κ3) is 5.73. The van der Waals surface area contributed by atoms with Crippen molar-refractivity contribution in [2.75, 3.05) is 16.4 Å². The Labute approximate surface area is 197 Å². The molecule has 8 nitrogen and oxygen atoms in total. The zero-order chi connectivity index (χ0) is 23.4. The Hall–Kier alpha value is -3.76. The molecule has 0 saturated heterocycles. The summed E-state index contributed by atoms with van der Waals surface area (Å²) < 4.78 is 1.63. The SMILES string of the molecule is Cc1ccc(C(=O)Nc2ccc3nc(SCC(=O)Nc4ccc([N+](=O)[O-])cc4)sc3c2)cc1. The smallest absolute Gasteiger partial charge is 0.269 e. The van der Waals surface area contributed by atoms with Crippen molar-refractivity contribution in [1.82, 2.24) is 4.98 Å². The molecular weight excluding hydrogens is 460 g/mol. The van der Waals surface area contributed by atoms with Crippen LogP contribution in [0.15, 0.2) is 71.1 Å². The summed E-state index contributed by atoms with van der Waals surface area (Å²) in [5, 5.41) is 16.3. The van der Waals surface area contributed by atoms with Crippen molar-refractivity contribution in [3.8, 4) is 0 Å². The van der Waals surface area contributed by atoms with Gasteiger partial charge < -0.3 is 10.6 Å². The summed E-state index contributed by atoms with van der Waals surface area (Å²) in [4.78, 5) is 39.4. The number of amides is 2. The van der Waals surface area contributed by atoms with Gasteiger partial charge in [-0.1, -0.05) is 29.5 Å². The lowest BCUT2D eigenvalue weighted by Gasteiger charge is -2.05. The summed E-state index contributed by atoms with van der Waals surface area (Å²) >= 11 is 2.73. The van der Waals surface area contributed by atoms with Crippen molar-refractivity contribution in [3.05, 3.63) is 88.0 Å². The number of anilines is 2. The van der Waals surface area contributed by atoms with Crippen LogP contribution in [-0.4, -0.2) is 27.5 Å². The van der Waals surface area contributed by atoms with Gasteiger partial charge in [0.25, 0.3) is 11.6 Å². The maximum Gasteiger partial charge on any atom is 0.269 e. The molecule has 33 heavy (non-hydrogen) atoms. The summed E-state index contributed by atoms with van der Waals surface area (Å²) in [6.45, 7) is 1.97. The number of aromatic nitrogens is 1. The van der Waals surface area contributed by atoms with Crippen LogP contribution < -0.4 is 10.6 Å². The van der Waals surface area contributed by atoms with Crippen LogP contribution in [0.5, 0.6) is 0 Å². The highest BCUT2D eigenvalue weighted by Gasteiger charge is 2.11. The number of non-ortho nitro benzene ring substituents is 1. The van der Waals surface area contributed by atoms with Crippen molar-refractivity contribution >= 4 is 62.2 Å². The highest BCUT2D eigenvalue weighted by Crippen LogP contribution is 2.31. The molecule has 1 heterocycles. The van der Waals surface area contributed by atoms with Crippen LogP contribution in [0.4, 0.5) is 17.1 Å². The lowest BCUT2D eigenvalue weighted by Crippen LogP contribution is -2.13. The van der Waals surface area contributed by atoms with Crippen LogP contribution in [0.3, 0.4) is 0 Å². The second-order valence-electron chi connectivity index (χ2n) is 7.12. The molecule has 4 rings (SSSR count). The van der Waals surface area contributed by atoms with Gasteiger partial charge in [-0.2, -0.15) is 0 Å². The van der Waals surface area contributed by atoms with Crippen molar-refractivity contribution in [1.29, 1.82) is 0 Å². The molecule has 0 aliphatic carbocycles. The Bertz CT molecular complexity index is 1340. The van der Waals surface area contributed by atoms with Gasteiger partial charge in [-0.3, -0.25) is 19.7 Å². The van der Waals surface area contributed by atoms with E-state index in [-0.39, 0.29) is 23.3 Å². The molecule has 0 spiro atoms. The Morgan fingerprint density at radius 3 is 2.39 bits per heavy atom. The maximum atomic E-state index is 12.4. The first kappa shape index (κ1) is 22.4. The van der Waals surface area contributed by atoms with Crippen LogP contribution in [0.25, 0.3) is 10.2 Å². The fourth-order valence-corrected chi connectivity index (χ4v) is 4.85. The molecule has 2 amide bonds. The minimum Gasteiger partial charge on any atom is -0.325 e. The minimum atomic E-state index is -0.492. The second-order valence-corrected chi connectivity index (χ2v) is 9.38. The van der Waals surface area contributed by atoms with Crippen LogP contribution in [0.2, 0.25) is 0 Å². The lowest BCUT2D eigenvalue weighted by molar-refractivity contribution is -0.384. The van der Waals surface area contributed by atoms with Crippen LogP contribution in [0.1, 0.15) is 15.9 Å². The van der Waals surface area contributed by atoms with Crippen molar-refractivity contribution in [2.45, 2.75) is 11.3 Å². The standard InChI is InChI=1S/C23H18N4O4S2/c1-14-2-4-15(5-3-14)22(29)25-17-8-11-19-20(12-17)33-23(26-19)32-13-21(28)24-16-6-9-18(10-7-16)27(30)31/h2-12H,13H2,1H3,(H,24,28)(H,25,29). The number of fused-ring (bicyclic) bond motifs is 1. The highest BCUT2D eigenvalue weighted by molar-refractivity contribution is 8.01. The number of nitro groups is 1. The zero-order valence-corrected chi connectivity index (χ0v) is 19.0. The number of nitrogens with one attached hydrogen (secondary N) is 2. The van der Waals surface area contributed by atoms with Gasteiger partial charge in [0.15, 0.2) is 4.34 Å². The number of carbonyl (C=O) groups excluding carboxylic acids is 2. The number of hydrogen-bond donors (Lipinski definition) is 2. The molecule has 0 aliphatic rings. The van der Waals surface area contributed by atoms with Crippen LogP contribution >= 0.6 is 23.1 Å². The maximum absolute atomic E-state index is 12.4.